The van der Waals surface area contributed by atoms with E-state index in [1.807, 2.05) is 19.3 Å². The van der Waals surface area contributed by atoms with E-state index in [-0.39, 0.29) is 5.82 Å². The lowest BCUT2D eigenvalue weighted by Crippen LogP contribution is -2.33. The van der Waals surface area contributed by atoms with Crippen molar-refractivity contribution in [1.29, 1.82) is 0 Å². The van der Waals surface area contributed by atoms with Crippen molar-refractivity contribution in [2.45, 2.75) is 11.8 Å². The van der Waals surface area contributed by atoms with Crippen LogP contribution in [0.2, 0.25) is 0 Å². The second-order valence-electron chi connectivity index (χ2n) is 4.71. The first-order valence-electron chi connectivity index (χ1n) is 5.96. The van der Waals surface area contributed by atoms with Gasteiger partial charge in [-0.05, 0) is 23.8 Å². The third-order valence-corrected chi connectivity index (χ3v) is 4.28. The van der Waals surface area contributed by atoms with Gasteiger partial charge in [-0.25, -0.2) is 4.39 Å². The summed E-state index contributed by atoms with van der Waals surface area (Å²) in [6.07, 6.45) is 2.51. The topological polar surface area (TPSA) is 17.8 Å². The summed E-state index contributed by atoms with van der Waals surface area (Å²) in [5.74, 6) is 0.455. The van der Waals surface area contributed by atoms with E-state index in [0.717, 1.165) is 11.3 Å². The van der Waals surface area contributed by atoms with Gasteiger partial charge < -0.3 is 0 Å². The third-order valence-electron chi connectivity index (χ3n) is 3.26. The zero-order valence-corrected chi connectivity index (χ0v) is 12.1. The highest BCUT2D eigenvalue weighted by Gasteiger charge is 2.32. The molecular formula is C14H15Cl2FN2. The van der Waals surface area contributed by atoms with Crippen molar-refractivity contribution in [2.24, 2.45) is 7.05 Å². The number of aryl methyl sites for hydroxylation is 1. The zero-order chi connectivity index (χ0) is 13.9. The summed E-state index contributed by atoms with van der Waals surface area (Å²) in [6.45, 7) is 0. The largest absolute Gasteiger partial charge is 0.276 e. The van der Waals surface area contributed by atoms with Gasteiger partial charge in [-0.2, -0.15) is 5.10 Å². The number of nitrogens with zero attached hydrogens (tertiary/aromatic N) is 2. The van der Waals surface area contributed by atoms with Gasteiger partial charge >= 0.3 is 0 Å². The van der Waals surface area contributed by atoms with Gasteiger partial charge in [0.05, 0.1) is 5.69 Å². The standard InChI is InChI=1S/C14H15Cl2FN2/c1-19-7-6-13(18-19)8-14(9-15,10-16)11-2-4-12(17)5-3-11/h2-7H,8-10H2,1H3. The van der Waals surface area contributed by atoms with Gasteiger partial charge in [0.1, 0.15) is 5.82 Å². The maximum absolute atomic E-state index is 13.0. The zero-order valence-electron chi connectivity index (χ0n) is 10.6. The molecule has 0 aliphatic rings. The van der Waals surface area contributed by atoms with Crippen molar-refractivity contribution in [2.75, 3.05) is 11.8 Å². The number of rotatable bonds is 5. The monoisotopic (exact) mass is 300 g/mol. The lowest BCUT2D eigenvalue weighted by Gasteiger charge is -2.29. The molecule has 0 atom stereocenters. The number of benzene rings is 1. The Labute approximate surface area is 122 Å². The fourth-order valence-corrected chi connectivity index (χ4v) is 2.88. The number of halogens is 3. The van der Waals surface area contributed by atoms with Gasteiger partial charge in [-0.15, -0.1) is 23.2 Å². The fourth-order valence-electron chi connectivity index (χ4n) is 2.09. The molecule has 2 rings (SSSR count). The molecular weight excluding hydrogens is 286 g/mol. The minimum Gasteiger partial charge on any atom is -0.276 e. The molecule has 0 saturated heterocycles. The first-order chi connectivity index (χ1) is 9.09. The molecule has 102 valence electrons. The number of alkyl halides is 2. The highest BCUT2D eigenvalue weighted by molar-refractivity contribution is 6.22. The molecule has 0 saturated carbocycles. The Morgan fingerprint density at radius 1 is 1.16 bits per heavy atom. The van der Waals surface area contributed by atoms with Crippen molar-refractivity contribution >= 4 is 23.2 Å². The quantitative estimate of drug-likeness (QED) is 0.773. The summed E-state index contributed by atoms with van der Waals surface area (Å²) < 4.78 is 14.8. The van der Waals surface area contributed by atoms with E-state index in [0.29, 0.717) is 18.2 Å². The summed E-state index contributed by atoms with van der Waals surface area (Å²) in [7, 11) is 1.87. The first kappa shape index (κ1) is 14.4. The molecule has 1 aromatic heterocycles. The molecule has 1 aromatic carbocycles. The SMILES string of the molecule is Cn1ccc(CC(CCl)(CCl)c2ccc(F)cc2)n1. The van der Waals surface area contributed by atoms with Crippen molar-refractivity contribution in [3.63, 3.8) is 0 Å². The molecule has 0 radical (unpaired) electrons. The van der Waals surface area contributed by atoms with Crippen LogP contribution < -0.4 is 0 Å². The lowest BCUT2D eigenvalue weighted by molar-refractivity contribution is 0.521. The van der Waals surface area contributed by atoms with Crippen LogP contribution in [0.3, 0.4) is 0 Å². The third kappa shape index (κ3) is 3.10. The Morgan fingerprint density at radius 2 is 1.79 bits per heavy atom. The van der Waals surface area contributed by atoms with Gasteiger partial charge in [-0.1, -0.05) is 12.1 Å². The summed E-state index contributed by atoms with van der Waals surface area (Å²) >= 11 is 12.3. The van der Waals surface area contributed by atoms with Gasteiger partial charge in [0.15, 0.2) is 0 Å². The minimum absolute atomic E-state index is 0.264. The maximum atomic E-state index is 13.0. The molecule has 0 N–H and O–H groups in total. The van der Waals surface area contributed by atoms with Crippen LogP contribution in [0.1, 0.15) is 11.3 Å². The molecule has 19 heavy (non-hydrogen) atoms. The molecule has 5 heteroatoms. The Balaban J connectivity index is 2.33. The van der Waals surface area contributed by atoms with Crippen LogP contribution >= 0.6 is 23.2 Å². The van der Waals surface area contributed by atoms with Crippen LogP contribution in [0, 0.1) is 5.82 Å². The molecule has 2 nitrogen and oxygen atoms in total. The molecule has 1 heterocycles. The molecule has 0 unspecified atom stereocenters. The highest BCUT2D eigenvalue weighted by Crippen LogP contribution is 2.31. The second kappa shape index (κ2) is 5.93. The normalized spacial score (nSPS) is 11.8. The predicted molar refractivity (Wildman–Crippen MR) is 76.4 cm³/mol. The smallest absolute Gasteiger partial charge is 0.123 e. The van der Waals surface area contributed by atoms with Crippen molar-refractivity contribution in [1.82, 2.24) is 9.78 Å². The second-order valence-corrected chi connectivity index (χ2v) is 5.25. The molecule has 0 aliphatic heterocycles. The number of hydrogen-bond acceptors (Lipinski definition) is 1. The van der Waals surface area contributed by atoms with Crippen LogP contribution in [0.25, 0.3) is 0 Å². The van der Waals surface area contributed by atoms with Crippen molar-refractivity contribution < 1.29 is 4.39 Å². The van der Waals surface area contributed by atoms with E-state index >= 15 is 0 Å². The van der Waals surface area contributed by atoms with E-state index in [2.05, 4.69) is 5.10 Å². The summed E-state index contributed by atoms with van der Waals surface area (Å²) in [5, 5.41) is 4.36. The van der Waals surface area contributed by atoms with Crippen molar-refractivity contribution in [3.05, 3.63) is 53.6 Å². The van der Waals surface area contributed by atoms with Crippen LogP contribution in [-0.4, -0.2) is 21.5 Å². The predicted octanol–water partition coefficient (Wildman–Crippen LogP) is 3.52. The van der Waals surface area contributed by atoms with E-state index < -0.39 is 5.41 Å². The van der Waals surface area contributed by atoms with Gasteiger partial charge in [0, 0.05) is 36.8 Å². The molecule has 0 fully saturated rings. The van der Waals surface area contributed by atoms with E-state index in [1.54, 1.807) is 16.8 Å². The summed E-state index contributed by atoms with van der Waals surface area (Å²) in [4.78, 5) is 0. The van der Waals surface area contributed by atoms with E-state index in [9.17, 15) is 4.39 Å². The Kier molecular flexibility index (Phi) is 4.48. The van der Waals surface area contributed by atoms with Gasteiger partial charge in [0.2, 0.25) is 0 Å². The number of hydrogen-bond donors (Lipinski definition) is 0. The summed E-state index contributed by atoms with van der Waals surface area (Å²) in [6, 6.07) is 8.28. The fraction of sp³-hybridized carbons (Fsp3) is 0.357. The molecule has 0 amide bonds. The van der Waals surface area contributed by atoms with Crippen LogP contribution in [-0.2, 0) is 18.9 Å². The maximum Gasteiger partial charge on any atom is 0.123 e. The molecule has 0 spiro atoms. The van der Waals surface area contributed by atoms with Crippen LogP contribution in [0.5, 0.6) is 0 Å². The van der Waals surface area contributed by atoms with E-state index in [4.69, 9.17) is 23.2 Å². The van der Waals surface area contributed by atoms with Gasteiger partial charge in [0.25, 0.3) is 0 Å². The number of aromatic nitrogens is 2. The van der Waals surface area contributed by atoms with E-state index in [1.165, 1.54) is 12.1 Å². The Bertz CT molecular complexity index is 533. The molecule has 0 bridgehead atoms. The first-order valence-corrected chi connectivity index (χ1v) is 7.03. The van der Waals surface area contributed by atoms with Crippen LogP contribution in [0.15, 0.2) is 36.5 Å². The molecule has 2 aromatic rings. The van der Waals surface area contributed by atoms with Gasteiger partial charge in [-0.3, -0.25) is 4.68 Å². The van der Waals surface area contributed by atoms with Crippen LogP contribution in [0.4, 0.5) is 4.39 Å². The average Bonchev–Trinajstić information content (AvgIpc) is 2.82. The van der Waals surface area contributed by atoms with Crippen molar-refractivity contribution in [3.8, 4) is 0 Å². The Morgan fingerprint density at radius 3 is 2.26 bits per heavy atom. The minimum atomic E-state index is -0.425. The lowest BCUT2D eigenvalue weighted by atomic mass is 9.80. The highest BCUT2D eigenvalue weighted by atomic mass is 35.5. The molecule has 0 aliphatic carbocycles. The average molecular weight is 301 g/mol. The Hall–Kier alpha value is -1.06. The summed E-state index contributed by atoms with van der Waals surface area (Å²) in [5.41, 5.74) is 1.43.